The topological polar surface area (TPSA) is 174 Å². The number of benzene rings is 4. The van der Waals surface area contributed by atoms with Gasteiger partial charge in [-0.2, -0.15) is 19.9 Å². The highest BCUT2D eigenvalue weighted by molar-refractivity contribution is 5.90. The molecule has 0 bridgehead atoms. The lowest BCUT2D eigenvalue weighted by atomic mass is 9.92. The number of aryl methyl sites for hydroxylation is 2. The van der Waals surface area contributed by atoms with Crippen LogP contribution in [0.4, 0.5) is 11.6 Å². The number of likely N-dealkylation sites (N-methyl/N-ethyl adjacent to an activating group) is 4. The summed E-state index contributed by atoms with van der Waals surface area (Å²) in [6.45, 7) is 29.1. The van der Waals surface area contributed by atoms with Crippen molar-refractivity contribution in [3.8, 4) is 12.0 Å². The molecule has 8 heterocycles. The third-order valence-electron chi connectivity index (χ3n) is 18.9. The molecule has 6 aliphatic heterocycles. The lowest BCUT2D eigenvalue weighted by Crippen LogP contribution is -2.56. The third-order valence-corrected chi connectivity index (χ3v) is 18.9. The smallest absolute Gasteiger partial charge is 0.328 e. The van der Waals surface area contributed by atoms with Gasteiger partial charge >= 0.3 is 18.0 Å². The number of carbonyl (C=O) groups excluding carboxylic acids is 1. The van der Waals surface area contributed by atoms with E-state index < -0.39 is 5.97 Å². The standard InChI is InChI=1S/C36H45N7O3.C31H37N5O2.C6H11NO2/c1-25-10-6-11-26-12-7-14-29(34(25)26)32-20-31-30(24-45-32)35(39-36(38-31)46-23-27-13-8-17-41(27)5)42-18-19-43(28(22-42)21-37-2)33(44)15-9-16-40(3)4;1-21-8-4-10-23-11-5-13-25(29(21)23)28-16-27-26(20-37-28)30(36-15-6-9-22(18-36)17-32-2)34-31(33-27)38-19-24-12-7-14-35(24)3;1-7(2)5-3-4-6(8)9/h6-7,9-12,14-15,27-28,32H,8,13,16-24H2,1,3-5H3;4-5,8,10-11,13,22,24,28H,6-7,9,12,14-20H2,1,3H3;3-4H,5H2,1-2H3,(H,8,9)/b15-9+;;4-3+/t27-,28-,32?;22-,24-,28?;/m00./s1. The summed E-state index contributed by atoms with van der Waals surface area (Å²) in [5.41, 5.74) is 8.88. The first-order valence-corrected chi connectivity index (χ1v) is 33.0. The Morgan fingerprint density at radius 3 is 1.57 bits per heavy atom. The summed E-state index contributed by atoms with van der Waals surface area (Å²) in [5, 5.41) is 13.1. The third kappa shape index (κ3) is 17.2. The SMILES string of the molecule is CN(C)C/C=C/C(=O)O.[C-]#[N+]C[C@@H]1CCCN(c2nc(OC[C@@H]3CCCN3C)nc3c2COC(c2cccc4cccc(C)c24)C3)C1.[C-]#[N+]C[C@H]1CN(c2nc(OC[C@@H]3CCCN3C)nc3c2COC(c2cccc4cccc(C)c24)C3)CCN1C(=O)/C=C/CN(C)C. The maximum atomic E-state index is 13.1. The number of anilines is 2. The van der Waals surface area contributed by atoms with Crippen LogP contribution in [0, 0.1) is 32.9 Å². The van der Waals surface area contributed by atoms with E-state index in [1.54, 1.807) is 12.2 Å². The fraction of sp³-hybridized carbons (Fsp3) is 0.507. The molecule has 0 radical (unpaired) electrons. The number of hydrogen-bond donors (Lipinski definition) is 1. The molecule has 0 aliphatic carbocycles. The zero-order chi connectivity index (χ0) is 65.5. The van der Waals surface area contributed by atoms with Crippen molar-refractivity contribution in [3.63, 3.8) is 0 Å². The first-order valence-electron chi connectivity index (χ1n) is 33.0. The summed E-state index contributed by atoms with van der Waals surface area (Å²) < 4.78 is 25.8. The van der Waals surface area contributed by atoms with Gasteiger partial charge in [0.2, 0.25) is 19.0 Å². The molecule has 0 saturated carbocycles. The monoisotopic (exact) mass is 1260 g/mol. The zero-order valence-corrected chi connectivity index (χ0v) is 55.7. The van der Waals surface area contributed by atoms with Crippen LogP contribution in [-0.2, 0) is 45.1 Å². The Balaban J connectivity index is 0.000000182. The second-order valence-corrected chi connectivity index (χ2v) is 26.2. The number of amides is 1. The molecule has 20 heteroatoms. The molecule has 492 valence electrons. The van der Waals surface area contributed by atoms with Crippen molar-refractivity contribution in [2.45, 2.75) is 109 Å². The summed E-state index contributed by atoms with van der Waals surface area (Å²) >= 11 is 0. The molecule has 0 spiro atoms. The minimum Gasteiger partial charge on any atom is -0.478 e. The fourth-order valence-corrected chi connectivity index (χ4v) is 13.9. The number of hydrogen-bond acceptors (Lipinski definition) is 16. The van der Waals surface area contributed by atoms with Crippen molar-refractivity contribution in [1.82, 2.24) is 44.4 Å². The van der Waals surface area contributed by atoms with Gasteiger partial charge < -0.3 is 68.0 Å². The van der Waals surface area contributed by atoms with Crippen molar-refractivity contribution < 1.29 is 33.6 Å². The number of aliphatic carboxylic acids is 1. The number of ether oxygens (including phenoxy) is 4. The average molecular weight is 1260 g/mol. The van der Waals surface area contributed by atoms with Gasteiger partial charge in [0, 0.05) is 99.9 Å². The summed E-state index contributed by atoms with van der Waals surface area (Å²) in [7, 11) is 12.0. The van der Waals surface area contributed by atoms with Crippen LogP contribution in [0.5, 0.6) is 12.0 Å². The maximum Gasteiger partial charge on any atom is 0.328 e. The largest absolute Gasteiger partial charge is 0.478 e. The van der Waals surface area contributed by atoms with Crippen LogP contribution >= 0.6 is 0 Å². The van der Waals surface area contributed by atoms with Crippen LogP contribution in [-0.4, -0.2) is 207 Å². The number of piperidine rings is 1. The van der Waals surface area contributed by atoms with E-state index in [2.05, 4.69) is 130 Å². The van der Waals surface area contributed by atoms with E-state index in [0.29, 0.717) is 109 Å². The van der Waals surface area contributed by atoms with E-state index in [1.807, 2.05) is 49.0 Å². The number of likely N-dealkylation sites (tertiary alicyclic amines) is 2. The first-order chi connectivity index (χ1) is 45.0. The predicted octanol–water partition coefficient (Wildman–Crippen LogP) is 9.83. The minimum atomic E-state index is -0.892. The highest BCUT2D eigenvalue weighted by Gasteiger charge is 2.37. The number of rotatable bonds is 18. The Morgan fingerprint density at radius 1 is 0.613 bits per heavy atom. The molecule has 1 amide bonds. The van der Waals surface area contributed by atoms with Gasteiger partial charge in [-0.05, 0) is 152 Å². The summed E-state index contributed by atoms with van der Waals surface area (Å²) in [6.07, 6.45) is 14.1. The van der Waals surface area contributed by atoms with E-state index in [4.69, 9.17) is 57.1 Å². The van der Waals surface area contributed by atoms with Gasteiger partial charge in [-0.25, -0.2) is 17.9 Å². The molecule has 6 atom stereocenters. The van der Waals surface area contributed by atoms with Gasteiger partial charge in [-0.15, -0.1) is 0 Å². The van der Waals surface area contributed by atoms with Gasteiger partial charge in [0.1, 0.15) is 30.9 Å². The van der Waals surface area contributed by atoms with E-state index in [9.17, 15) is 9.59 Å². The van der Waals surface area contributed by atoms with Crippen LogP contribution in [0.15, 0.2) is 97.1 Å². The Labute approximate surface area is 549 Å². The van der Waals surface area contributed by atoms with Gasteiger partial charge in [-0.3, -0.25) is 4.79 Å². The number of aromatic nitrogens is 4. The van der Waals surface area contributed by atoms with Crippen molar-refractivity contribution in [1.29, 1.82) is 0 Å². The number of piperazine rings is 1. The molecule has 12 rings (SSSR count). The van der Waals surface area contributed by atoms with Crippen LogP contribution in [0.25, 0.3) is 31.2 Å². The molecular formula is C73H93N13O7. The molecule has 4 aromatic carbocycles. The Bertz CT molecular complexity index is 3700. The quantitative estimate of drug-likeness (QED) is 0.0635. The molecule has 2 aromatic heterocycles. The minimum absolute atomic E-state index is 0.0545. The van der Waals surface area contributed by atoms with Gasteiger partial charge in [-0.1, -0.05) is 84.9 Å². The van der Waals surface area contributed by atoms with Gasteiger partial charge in [0.15, 0.2) is 0 Å². The van der Waals surface area contributed by atoms with Gasteiger partial charge in [0.05, 0.1) is 36.8 Å². The van der Waals surface area contributed by atoms with Crippen molar-refractivity contribution in [2.24, 2.45) is 5.92 Å². The van der Waals surface area contributed by atoms with Crippen LogP contribution < -0.4 is 19.3 Å². The highest BCUT2D eigenvalue weighted by Crippen LogP contribution is 2.41. The summed E-state index contributed by atoms with van der Waals surface area (Å²) in [5.74, 6) is 1.15. The van der Waals surface area contributed by atoms with Crippen molar-refractivity contribution in [3.05, 3.63) is 165 Å². The van der Waals surface area contributed by atoms with E-state index in [1.165, 1.54) is 56.6 Å². The number of carboxylic acids is 1. The molecule has 2 unspecified atom stereocenters. The van der Waals surface area contributed by atoms with E-state index in [-0.39, 0.29) is 30.7 Å². The number of nitrogens with zero attached hydrogens (tertiary/aromatic N) is 13. The summed E-state index contributed by atoms with van der Waals surface area (Å²) in [4.78, 5) is 65.3. The molecule has 6 aromatic rings. The molecule has 4 saturated heterocycles. The van der Waals surface area contributed by atoms with Crippen molar-refractivity contribution in [2.75, 3.05) is 137 Å². The maximum absolute atomic E-state index is 13.1. The second-order valence-electron chi connectivity index (χ2n) is 26.2. The zero-order valence-electron chi connectivity index (χ0n) is 55.7. The lowest BCUT2D eigenvalue weighted by Gasteiger charge is -2.40. The Morgan fingerprint density at radius 2 is 1.10 bits per heavy atom. The Kier molecular flexibility index (Phi) is 23.5. The van der Waals surface area contributed by atoms with Crippen LogP contribution in [0.1, 0.15) is 95.5 Å². The molecular weight excluding hydrogens is 1170 g/mol. The van der Waals surface area contributed by atoms with E-state index in [0.717, 1.165) is 92.1 Å². The molecule has 4 fully saturated rings. The first kappa shape index (κ1) is 67.8. The van der Waals surface area contributed by atoms with Crippen LogP contribution in [0.2, 0.25) is 0 Å². The molecule has 1 N–H and O–H groups in total. The molecule has 6 aliphatic rings. The fourth-order valence-electron chi connectivity index (χ4n) is 13.9. The Hall–Kier alpha value is -8.08. The van der Waals surface area contributed by atoms with Crippen molar-refractivity contribution >= 4 is 45.1 Å². The lowest BCUT2D eigenvalue weighted by molar-refractivity contribution is -0.131. The summed E-state index contributed by atoms with van der Waals surface area (Å²) in [6, 6.07) is 27.1. The average Bonchev–Trinajstić information content (AvgIpc) is 1.24. The molecule has 93 heavy (non-hydrogen) atoms. The molecule has 20 nitrogen and oxygen atoms in total. The van der Waals surface area contributed by atoms with Gasteiger partial charge in [0.25, 0.3) is 0 Å². The number of carboxylic acid groups (broad SMARTS) is 1. The predicted molar refractivity (Wildman–Crippen MR) is 365 cm³/mol. The second kappa shape index (κ2) is 32.2. The normalized spacial score (nSPS) is 21.7. The van der Waals surface area contributed by atoms with E-state index >= 15 is 0 Å². The van der Waals surface area contributed by atoms with Crippen LogP contribution in [0.3, 0.4) is 0 Å². The number of carbonyl (C=O) groups is 2. The highest BCUT2D eigenvalue weighted by atomic mass is 16.5. The number of fused-ring (bicyclic) bond motifs is 4.